The summed E-state index contributed by atoms with van der Waals surface area (Å²) in [7, 11) is 0. The zero-order valence-corrected chi connectivity index (χ0v) is 19.5. The number of hydrogen-bond donors (Lipinski definition) is 3. The Hall–Kier alpha value is -3.86. The van der Waals surface area contributed by atoms with Gasteiger partial charge in [0.25, 0.3) is 0 Å². The first-order valence-electron chi connectivity index (χ1n) is 10.4. The second kappa shape index (κ2) is 8.49. The fourth-order valence-electron chi connectivity index (χ4n) is 4.02. The Morgan fingerprint density at radius 2 is 1.97 bits per heavy atom. The van der Waals surface area contributed by atoms with Gasteiger partial charge in [0.05, 0.1) is 6.54 Å². The van der Waals surface area contributed by atoms with Crippen molar-refractivity contribution in [1.29, 1.82) is 0 Å². The van der Waals surface area contributed by atoms with Crippen LogP contribution in [0.3, 0.4) is 0 Å². The first-order valence-corrected chi connectivity index (χ1v) is 10.8. The molecular formula is C22H24ClFN8O2. The van der Waals surface area contributed by atoms with E-state index in [9.17, 15) is 14.3 Å². The Bertz CT molecular complexity index is 1340. The smallest absolute Gasteiger partial charge is 0.412 e. The minimum atomic E-state index is -1.40. The van der Waals surface area contributed by atoms with Gasteiger partial charge in [0.15, 0.2) is 11.3 Å². The first kappa shape index (κ1) is 23.3. The number of amides is 1. The van der Waals surface area contributed by atoms with Crippen molar-refractivity contribution in [2.75, 3.05) is 0 Å². The molecule has 0 spiro atoms. The van der Waals surface area contributed by atoms with E-state index in [-0.39, 0.29) is 29.7 Å². The molecule has 5 N–H and O–H groups in total. The minimum absolute atomic E-state index is 0.0109. The Kier molecular flexibility index (Phi) is 5.82. The molecule has 1 aromatic carbocycles. The van der Waals surface area contributed by atoms with Crippen molar-refractivity contribution in [2.45, 2.75) is 39.0 Å². The molecule has 34 heavy (non-hydrogen) atoms. The van der Waals surface area contributed by atoms with Crippen LogP contribution >= 0.6 is 11.8 Å². The van der Waals surface area contributed by atoms with Crippen LogP contribution in [0, 0.1) is 5.82 Å². The van der Waals surface area contributed by atoms with Gasteiger partial charge in [-0.25, -0.2) is 28.3 Å². The monoisotopic (exact) mass is 486 g/mol. The van der Waals surface area contributed by atoms with E-state index >= 15 is 0 Å². The SMILES string of the molecule is CC(C)N(C(=O)O)C1=C(N)N(Cl)C(C)(c2nn(Cc3ccccc3F)c3ncccc23)N=C1N. The maximum atomic E-state index is 14.3. The molecule has 3 heterocycles. The number of aromatic nitrogens is 3. The molecule has 178 valence electrons. The molecule has 3 aromatic rings. The zero-order chi connectivity index (χ0) is 24.8. The predicted octanol–water partition coefficient (Wildman–Crippen LogP) is 3.13. The van der Waals surface area contributed by atoms with Gasteiger partial charge in [0.1, 0.15) is 28.9 Å². The van der Waals surface area contributed by atoms with Gasteiger partial charge < -0.3 is 16.6 Å². The Morgan fingerprint density at radius 1 is 1.26 bits per heavy atom. The lowest BCUT2D eigenvalue weighted by Crippen LogP contribution is -2.51. The third kappa shape index (κ3) is 3.67. The highest BCUT2D eigenvalue weighted by Gasteiger charge is 2.45. The van der Waals surface area contributed by atoms with Gasteiger partial charge in [0.2, 0.25) is 0 Å². The number of fused-ring (bicyclic) bond motifs is 1. The number of amidine groups is 1. The minimum Gasteiger partial charge on any atom is -0.465 e. The molecule has 1 amide bonds. The number of rotatable bonds is 5. The standard InChI is InChI=1S/C22H24ClFN8O2/c1-12(2)31(21(33)34)16-18(25)28-22(3,32(23)19(16)26)17-14-8-6-10-27-20(14)30(29-17)11-13-7-4-5-9-15(13)24/h4-10,12H,11,26H2,1-3H3,(H2,25,28)(H,33,34). The summed E-state index contributed by atoms with van der Waals surface area (Å²) in [6, 6.07) is 9.43. The highest BCUT2D eigenvalue weighted by Crippen LogP contribution is 2.40. The van der Waals surface area contributed by atoms with E-state index in [1.807, 2.05) is 0 Å². The van der Waals surface area contributed by atoms with E-state index in [0.717, 1.165) is 9.32 Å². The molecule has 1 unspecified atom stereocenters. The number of aliphatic imine (C=N–C) groups is 1. The van der Waals surface area contributed by atoms with Crippen LogP contribution in [0.25, 0.3) is 11.0 Å². The van der Waals surface area contributed by atoms with Crippen molar-refractivity contribution in [2.24, 2.45) is 16.5 Å². The van der Waals surface area contributed by atoms with Crippen LogP contribution in [0.5, 0.6) is 0 Å². The van der Waals surface area contributed by atoms with Crippen molar-refractivity contribution in [1.82, 2.24) is 24.1 Å². The lowest BCUT2D eigenvalue weighted by atomic mass is 10.0. The van der Waals surface area contributed by atoms with Gasteiger partial charge in [0, 0.05) is 35.0 Å². The van der Waals surface area contributed by atoms with E-state index in [2.05, 4.69) is 15.1 Å². The van der Waals surface area contributed by atoms with Crippen LogP contribution in [-0.2, 0) is 12.2 Å². The van der Waals surface area contributed by atoms with Crippen molar-refractivity contribution in [3.05, 3.63) is 71.2 Å². The summed E-state index contributed by atoms with van der Waals surface area (Å²) in [6.45, 7) is 5.13. The molecule has 0 fully saturated rings. The van der Waals surface area contributed by atoms with Crippen molar-refractivity contribution < 1.29 is 14.3 Å². The lowest BCUT2D eigenvalue weighted by molar-refractivity contribution is 0.146. The maximum Gasteiger partial charge on any atom is 0.412 e. The first-order chi connectivity index (χ1) is 16.1. The molecular weight excluding hydrogens is 463 g/mol. The molecule has 1 aliphatic heterocycles. The number of halogens is 2. The van der Waals surface area contributed by atoms with Crippen LogP contribution < -0.4 is 11.5 Å². The fraction of sp³-hybridized carbons (Fsp3) is 0.273. The number of benzene rings is 1. The molecule has 2 aromatic heterocycles. The third-order valence-corrected chi connectivity index (χ3v) is 6.13. The van der Waals surface area contributed by atoms with Gasteiger partial charge in [-0.05, 0) is 39.0 Å². The summed E-state index contributed by atoms with van der Waals surface area (Å²) < 4.78 is 17.0. The highest BCUT2D eigenvalue weighted by atomic mass is 35.5. The Balaban J connectivity index is 1.85. The predicted molar refractivity (Wildman–Crippen MR) is 126 cm³/mol. The van der Waals surface area contributed by atoms with Gasteiger partial charge in [-0.1, -0.05) is 18.2 Å². The number of carboxylic acid groups (broad SMARTS) is 1. The summed E-state index contributed by atoms with van der Waals surface area (Å²) in [6.07, 6.45) is 0.355. The molecule has 12 heteroatoms. The Morgan fingerprint density at radius 3 is 2.62 bits per heavy atom. The van der Waals surface area contributed by atoms with Crippen LogP contribution in [0.4, 0.5) is 9.18 Å². The summed E-state index contributed by atoms with van der Waals surface area (Å²) in [5.74, 6) is -0.560. The van der Waals surface area contributed by atoms with Crippen LogP contribution in [0.15, 0.2) is 59.1 Å². The summed E-state index contributed by atoms with van der Waals surface area (Å²) in [5.41, 5.74) is 12.4. The van der Waals surface area contributed by atoms with Crippen molar-refractivity contribution in [3.8, 4) is 0 Å². The van der Waals surface area contributed by atoms with Crippen LogP contribution in [0.2, 0.25) is 0 Å². The quantitative estimate of drug-likeness (QED) is 0.471. The zero-order valence-electron chi connectivity index (χ0n) is 18.8. The van der Waals surface area contributed by atoms with Gasteiger partial charge in [-0.3, -0.25) is 4.90 Å². The topological polar surface area (TPSA) is 139 Å². The molecule has 0 saturated heterocycles. The molecule has 1 aliphatic rings. The fourth-order valence-corrected chi connectivity index (χ4v) is 4.21. The van der Waals surface area contributed by atoms with E-state index in [0.29, 0.717) is 22.3 Å². The molecule has 10 nitrogen and oxygen atoms in total. The average Bonchev–Trinajstić information content (AvgIpc) is 3.15. The van der Waals surface area contributed by atoms with Gasteiger partial charge >= 0.3 is 6.09 Å². The molecule has 0 aliphatic carbocycles. The largest absolute Gasteiger partial charge is 0.465 e. The van der Waals surface area contributed by atoms with Crippen molar-refractivity contribution in [3.63, 3.8) is 0 Å². The molecule has 0 saturated carbocycles. The number of hydrogen-bond acceptors (Lipinski definition) is 7. The van der Waals surface area contributed by atoms with E-state index in [1.165, 1.54) is 6.07 Å². The maximum absolute atomic E-state index is 14.3. The lowest BCUT2D eigenvalue weighted by Gasteiger charge is -2.40. The average molecular weight is 487 g/mol. The second-order valence-corrected chi connectivity index (χ2v) is 8.59. The number of nitrogens with zero attached hydrogens (tertiary/aromatic N) is 6. The van der Waals surface area contributed by atoms with E-state index < -0.39 is 17.8 Å². The summed E-state index contributed by atoms with van der Waals surface area (Å²) >= 11 is 6.66. The number of pyridine rings is 1. The second-order valence-electron chi connectivity index (χ2n) is 8.25. The molecule has 4 rings (SSSR count). The van der Waals surface area contributed by atoms with Crippen LogP contribution in [-0.4, -0.2) is 47.2 Å². The van der Waals surface area contributed by atoms with Crippen LogP contribution in [0.1, 0.15) is 32.0 Å². The Labute approximate surface area is 200 Å². The normalized spacial score (nSPS) is 18.5. The van der Waals surface area contributed by atoms with Gasteiger partial charge in [-0.15, -0.1) is 0 Å². The van der Waals surface area contributed by atoms with E-state index in [1.54, 1.807) is 62.0 Å². The van der Waals surface area contributed by atoms with Gasteiger partial charge in [-0.2, -0.15) is 5.10 Å². The number of nitrogens with two attached hydrogens (primary N) is 2. The van der Waals surface area contributed by atoms with E-state index in [4.69, 9.17) is 23.2 Å². The molecule has 0 bridgehead atoms. The molecule has 1 atom stereocenters. The molecule has 0 radical (unpaired) electrons. The summed E-state index contributed by atoms with van der Waals surface area (Å²) in [5, 5.41) is 15.0. The number of carbonyl (C=O) groups is 1. The summed E-state index contributed by atoms with van der Waals surface area (Å²) in [4.78, 5) is 21.8. The van der Waals surface area contributed by atoms with Crippen molar-refractivity contribution >= 4 is 34.7 Å². The third-order valence-electron chi connectivity index (χ3n) is 5.61. The highest BCUT2D eigenvalue weighted by molar-refractivity contribution is 6.16.